The van der Waals surface area contributed by atoms with Gasteiger partial charge in [0, 0.05) is 45.9 Å². The SMILES string of the molecule is COCCCO[C@@H](c1ccccc1)C1CCCN(C(=O)NN(CCCC2CCCCC2)C(=O)O)C1. The van der Waals surface area contributed by atoms with Crippen molar-refractivity contribution in [1.29, 1.82) is 0 Å². The molecule has 35 heavy (non-hydrogen) atoms. The lowest BCUT2D eigenvalue weighted by molar-refractivity contribution is -0.0175. The molecule has 1 aromatic rings. The standard InChI is InChI=1S/C27H43N3O5/c1-34-19-10-20-35-25(23-14-6-3-7-15-23)24-16-9-17-29(21-24)26(31)28-30(27(32)33)18-8-13-22-11-4-2-5-12-22/h3,6-7,14-15,22,24-25H,2,4-5,8-13,16-21H2,1H3,(H,28,31)(H,32,33)/t24?,25-/m0/s1. The molecular formula is C27H43N3O5. The molecule has 1 heterocycles. The molecule has 2 aliphatic rings. The van der Waals surface area contributed by atoms with Crippen LogP contribution >= 0.6 is 0 Å². The monoisotopic (exact) mass is 489 g/mol. The van der Waals surface area contributed by atoms with Crippen LogP contribution in [0.25, 0.3) is 0 Å². The molecule has 0 spiro atoms. The van der Waals surface area contributed by atoms with Gasteiger partial charge in [-0.1, -0.05) is 62.4 Å². The molecule has 1 aromatic carbocycles. The molecule has 196 valence electrons. The quantitative estimate of drug-likeness (QED) is 0.318. The average Bonchev–Trinajstić information content (AvgIpc) is 2.89. The van der Waals surface area contributed by atoms with Crippen LogP contribution in [0.2, 0.25) is 0 Å². The summed E-state index contributed by atoms with van der Waals surface area (Å²) in [6.45, 7) is 2.70. The number of amides is 3. The summed E-state index contributed by atoms with van der Waals surface area (Å²) in [4.78, 5) is 26.6. The van der Waals surface area contributed by atoms with Crippen LogP contribution in [0.3, 0.4) is 0 Å². The number of hydrazine groups is 1. The van der Waals surface area contributed by atoms with Gasteiger partial charge in [-0.3, -0.25) is 0 Å². The van der Waals surface area contributed by atoms with Gasteiger partial charge in [0.25, 0.3) is 0 Å². The Morgan fingerprint density at radius 1 is 1.09 bits per heavy atom. The zero-order valence-corrected chi connectivity index (χ0v) is 21.2. The van der Waals surface area contributed by atoms with Gasteiger partial charge < -0.3 is 19.5 Å². The largest absolute Gasteiger partial charge is 0.464 e. The van der Waals surface area contributed by atoms with Crippen molar-refractivity contribution in [3.8, 4) is 0 Å². The first-order valence-electron chi connectivity index (χ1n) is 13.3. The second kappa shape index (κ2) is 14.9. The molecular weight excluding hydrogens is 446 g/mol. The molecule has 3 amide bonds. The van der Waals surface area contributed by atoms with Gasteiger partial charge in [0.2, 0.25) is 0 Å². The first-order chi connectivity index (χ1) is 17.1. The van der Waals surface area contributed by atoms with E-state index in [2.05, 4.69) is 17.6 Å². The van der Waals surface area contributed by atoms with E-state index in [-0.39, 0.29) is 18.1 Å². The van der Waals surface area contributed by atoms with Gasteiger partial charge in [0.15, 0.2) is 0 Å². The molecule has 1 saturated carbocycles. The molecule has 1 unspecified atom stereocenters. The predicted octanol–water partition coefficient (Wildman–Crippen LogP) is 5.46. The zero-order valence-electron chi connectivity index (χ0n) is 21.2. The predicted molar refractivity (Wildman–Crippen MR) is 135 cm³/mol. The fourth-order valence-corrected chi connectivity index (χ4v) is 5.40. The molecule has 2 fully saturated rings. The van der Waals surface area contributed by atoms with Crippen molar-refractivity contribution in [2.45, 2.75) is 70.3 Å². The normalized spacial score (nSPS) is 19.8. The van der Waals surface area contributed by atoms with E-state index < -0.39 is 6.09 Å². The maximum Gasteiger partial charge on any atom is 0.426 e. The van der Waals surface area contributed by atoms with Crippen molar-refractivity contribution >= 4 is 12.1 Å². The first-order valence-corrected chi connectivity index (χ1v) is 13.3. The number of nitrogens with zero attached hydrogens (tertiary/aromatic N) is 2. The van der Waals surface area contributed by atoms with Crippen LogP contribution in [0.15, 0.2) is 30.3 Å². The van der Waals surface area contributed by atoms with Crippen LogP contribution in [0.5, 0.6) is 0 Å². The smallest absolute Gasteiger partial charge is 0.426 e. The second-order valence-electron chi connectivity index (χ2n) is 9.89. The van der Waals surface area contributed by atoms with Gasteiger partial charge in [-0.2, -0.15) is 0 Å². The van der Waals surface area contributed by atoms with Gasteiger partial charge in [0.1, 0.15) is 0 Å². The number of rotatable bonds is 11. The van der Waals surface area contributed by atoms with Crippen LogP contribution in [-0.4, -0.2) is 67.1 Å². The van der Waals surface area contributed by atoms with Gasteiger partial charge in [-0.15, -0.1) is 0 Å². The molecule has 8 heteroatoms. The molecule has 1 saturated heterocycles. The fraction of sp³-hybridized carbons (Fsp3) is 0.704. The minimum atomic E-state index is -1.11. The number of methoxy groups -OCH3 is 1. The molecule has 0 aromatic heterocycles. The highest BCUT2D eigenvalue weighted by Gasteiger charge is 2.32. The maximum atomic E-state index is 13.0. The van der Waals surface area contributed by atoms with Crippen LogP contribution in [0.4, 0.5) is 9.59 Å². The second-order valence-corrected chi connectivity index (χ2v) is 9.89. The van der Waals surface area contributed by atoms with E-state index in [0.29, 0.717) is 38.8 Å². The minimum absolute atomic E-state index is 0.116. The van der Waals surface area contributed by atoms with Crippen molar-refractivity contribution in [3.63, 3.8) is 0 Å². The Morgan fingerprint density at radius 3 is 2.57 bits per heavy atom. The number of urea groups is 1. The third kappa shape index (κ3) is 9.00. The first kappa shape index (κ1) is 27.3. The Labute approximate surface area is 209 Å². The van der Waals surface area contributed by atoms with Crippen molar-refractivity contribution in [3.05, 3.63) is 35.9 Å². The number of piperidine rings is 1. The number of ether oxygens (including phenoxy) is 2. The molecule has 2 N–H and O–H groups in total. The van der Waals surface area contributed by atoms with Crippen LogP contribution in [0.1, 0.15) is 75.9 Å². The van der Waals surface area contributed by atoms with Crippen molar-refractivity contribution in [2.75, 3.05) is 40.0 Å². The number of benzene rings is 1. The van der Waals surface area contributed by atoms with E-state index in [1.54, 1.807) is 12.0 Å². The Bertz CT molecular complexity index is 756. The average molecular weight is 490 g/mol. The van der Waals surface area contributed by atoms with E-state index >= 15 is 0 Å². The third-order valence-electron chi connectivity index (χ3n) is 7.27. The summed E-state index contributed by atoms with van der Waals surface area (Å²) >= 11 is 0. The molecule has 1 aliphatic carbocycles. The molecule has 1 aliphatic heterocycles. The third-order valence-corrected chi connectivity index (χ3v) is 7.27. The van der Waals surface area contributed by atoms with E-state index in [4.69, 9.17) is 9.47 Å². The summed E-state index contributed by atoms with van der Waals surface area (Å²) in [5.41, 5.74) is 3.75. The molecule has 2 atom stereocenters. The topological polar surface area (TPSA) is 91.3 Å². The Balaban J connectivity index is 1.54. The Kier molecular flexibility index (Phi) is 11.6. The minimum Gasteiger partial charge on any atom is -0.464 e. The number of hydrogen-bond acceptors (Lipinski definition) is 4. The Morgan fingerprint density at radius 2 is 1.86 bits per heavy atom. The van der Waals surface area contributed by atoms with Crippen LogP contribution < -0.4 is 5.43 Å². The summed E-state index contributed by atoms with van der Waals surface area (Å²) in [7, 11) is 1.68. The van der Waals surface area contributed by atoms with Crippen molar-refractivity contribution < 1.29 is 24.2 Å². The number of carbonyl (C=O) groups is 2. The summed E-state index contributed by atoms with van der Waals surface area (Å²) in [6.07, 6.45) is 9.54. The highest BCUT2D eigenvalue weighted by Crippen LogP contribution is 2.33. The van der Waals surface area contributed by atoms with Gasteiger partial charge in [0.05, 0.1) is 6.10 Å². The fourth-order valence-electron chi connectivity index (χ4n) is 5.40. The highest BCUT2D eigenvalue weighted by atomic mass is 16.5. The van der Waals surface area contributed by atoms with Gasteiger partial charge >= 0.3 is 12.1 Å². The molecule has 0 radical (unpaired) electrons. The van der Waals surface area contributed by atoms with E-state index in [9.17, 15) is 14.7 Å². The maximum absolute atomic E-state index is 13.0. The number of nitrogens with one attached hydrogen (secondary N) is 1. The summed E-state index contributed by atoms with van der Waals surface area (Å²) in [5.74, 6) is 0.834. The Hall–Kier alpha value is -2.32. The van der Waals surface area contributed by atoms with E-state index in [0.717, 1.165) is 42.7 Å². The molecule has 3 rings (SSSR count). The van der Waals surface area contributed by atoms with Crippen LogP contribution in [-0.2, 0) is 9.47 Å². The van der Waals surface area contributed by atoms with Gasteiger partial charge in [-0.25, -0.2) is 20.0 Å². The van der Waals surface area contributed by atoms with E-state index in [1.807, 2.05) is 18.2 Å². The summed E-state index contributed by atoms with van der Waals surface area (Å²) < 4.78 is 11.4. The number of carboxylic acid groups (broad SMARTS) is 1. The van der Waals surface area contributed by atoms with E-state index in [1.165, 1.54) is 32.1 Å². The molecule has 8 nitrogen and oxygen atoms in total. The van der Waals surface area contributed by atoms with Crippen LogP contribution in [0, 0.1) is 11.8 Å². The summed E-state index contributed by atoms with van der Waals surface area (Å²) in [5, 5.41) is 10.7. The number of hydrogen-bond donors (Lipinski definition) is 2. The number of likely N-dealkylation sites (tertiary alicyclic amines) is 1. The zero-order chi connectivity index (χ0) is 24.9. The lowest BCUT2D eigenvalue weighted by Crippen LogP contribution is -2.54. The lowest BCUT2D eigenvalue weighted by atomic mass is 9.86. The highest BCUT2D eigenvalue weighted by molar-refractivity contribution is 5.77. The van der Waals surface area contributed by atoms with Crippen molar-refractivity contribution in [1.82, 2.24) is 15.3 Å². The molecule has 0 bridgehead atoms. The van der Waals surface area contributed by atoms with Gasteiger partial charge in [-0.05, 0) is 43.6 Å². The number of carbonyl (C=O) groups excluding carboxylic acids is 1. The lowest BCUT2D eigenvalue weighted by Gasteiger charge is -2.37. The van der Waals surface area contributed by atoms with Crippen molar-refractivity contribution in [2.24, 2.45) is 11.8 Å². The summed E-state index contributed by atoms with van der Waals surface area (Å²) in [6, 6.07) is 9.79.